The number of hydrogen-bond acceptors (Lipinski definition) is 1. The quantitative estimate of drug-likeness (QED) is 0.709. The van der Waals surface area contributed by atoms with E-state index in [0.717, 1.165) is 24.0 Å². The molecule has 1 atom stereocenters. The van der Waals surface area contributed by atoms with Gasteiger partial charge in [-0.2, -0.15) is 0 Å². The van der Waals surface area contributed by atoms with E-state index >= 15 is 0 Å². The minimum atomic E-state index is 0.531. The van der Waals surface area contributed by atoms with Crippen molar-refractivity contribution >= 4 is 11.6 Å². The third-order valence-electron chi connectivity index (χ3n) is 3.76. The predicted octanol–water partition coefficient (Wildman–Crippen LogP) is 4.86. The Morgan fingerprint density at radius 1 is 1.11 bits per heavy atom. The van der Waals surface area contributed by atoms with Gasteiger partial charge in [-0.3, -0.25) is 0 Å². The molecule has 18 heavy (non-hydrogen) atoms. The highest BCUT2D eigenvalue weighted by molar-refractivity contribution is 6.31. The fourth-order valence-electron chi connectivity index (χ4n) is 2.47. The summed E-state index contributed by atoms with van der Waals surface area (Å²) in [6.45, 7) is 8.76. The van der Waals surface area contributed by atoms with Crippen molar-refractivity contribution in [3.05, 3.63) is 34.9 Å². The summed E-state index contributed by atoms with van der Waals surface area (Å²) in [5.74, 6) is 1.33. The maximum Gasteiger partial charge on any atom is 0.0441 e. The zero-order valence-electron chi connectivity index (χ0n) is 11.9. The molecule has 0 saturated carbocycles. The molecule has 0 aromatic heterocycles. The molecule has 0 fully saturated rings. The van der Waals surface area contributed by atoms with Gasteiger partial charge in [0.2, 0.25) is 0 Å². The highest BCUT2D eigenvalue weighted by Gasteiger charge is 2.17. The largest absolute Gasteiger partial charge is 0.316 e. The summed E-state index contributed by atoms with van der Waals surface area (Å²) < 4.78 is 0. The zero-order chi connectivity index (χ0) is 13.4. The Morgan fingerprint density at radius 2 is 1.78 bits per heavy atom. The van der Waals surface area contributed by atoms with Crippen LogP contribution in [-0.4, -0.2) is 13.1 Å². The summed E-state index contributed by atoms with van der Waals surface area (Å²) in [5.41, 5.74) is 1.30. The molecule has 0 aliphatic rings. The Morgan fingerprint density at radius 3 is 2.33 bits per heavy atom. The first-order valence-electron chi connectivity index (χ1n) is 7.17. The van der Waals surface area contributed by atoms with Crippen molar-refractivity contribution in [1.29, 1.82) is 0 Å². The summed E-state index contributed by atoms with van der Waals surface area (Å²) in [6.07, 6.45) is 3.73. The minimum absolute atomic E-state index is 0.531. The number of likely N-dealkylation sites (N-methyl/N-ethyl adjacent to an activating group) is 1. The molecule has 0 spiro atoms. The third-order valence-corrected chi connectivity index (χ3v) is 4.10. The summed E-state index contributed by atoms with van der Waals surface area (Å²) in [6, 6.07) is 8.27. The topological polar surface area (TPSA) is 12.0 Å². The molecule has 102 valence electrons. The van der Waals surface area contributed by atoms with Crippen LogP contribution in [0.3, 0.4) is 0 Å². The van der Waals surface area contributed by atoms with Crippen molar-refractivity contribution in [2.45, 2.75) is 46.0 Å². The van der Waals surface area contributed by atoms with E-state index in [1.165, 1.54) is 24.8 Å². The standard InChI is InChI=1S/C16H26ClN/c1-4-13(5-2)11-14(12-18-6-3)15-9-7-8-10-16(15)17/h7-10,13-14,18H,4-6,11-12H2,1-3H3. The van der Waals surface area contributed by atoms with Gasteiger partial charge in [0, 0.05) is 11.6 Å². The SMILES string of the molecule is CCNCC(CC(CC)CC)c1ccccc1Cl. The Hall–Kier alpha value is -0.530. The second-order valence-corrected chi connectivity index (χ2v) is 5.35. The third kappa shape index (κ3) is 4.62. The van der Waals surface area contributed by atoms with E-state index < -0.39 is 0 Å². The lowest BCUT2D eigenvalue weighted by Crippen LogP contribution is -2.23. The minimum Gasteiger partial charge on any atom is -0.316 e. The van der Waals surface area contributed by atoms with Crippen LogP contribution in [0.4, 0.5) is 0 Å². The van der Waals surface area contributed by atoms with E-state index in [9.17, 15) is 0 Å². The highest BCUT2D eigenvalue weighted by atomic mass is 35.5. The van der Waals surface area contributed by atoms with E-state index in [0.29, 0.717) is 5.92 Å². The molecule has 0 amide bonds. The van der Waals surface area contributed by atoms with Gasteiger partial charge in [0.05, 0.1) is 0 Å². The number of halogens is 1. The first-order chi connectivity index (χ1) is 8.72. The van der Waals surface area contributed by atoms with Gasteiger partial charge in [0.15, 0.2) is 0 Å². The van der Waals surface area contributed by atoms with Crippen LogP contribution in [0.15, 0.2) is 24.3 Å². The summed E-state index contributed by atoms with van der Waals surface area (Å²) in [5, 5.41) is 4.38. The maximum atomic E-state index is 6.34. The fourth-order valence-corrected chi connectivity index (χ4v) is 2.76. The Bertz CT molecular complexity index is 334. The molecule has 1 aromatic carbocycles. The van der Waals surface area contributed by atoms with Gasteiger partial charge in [0.25, 0.3) is 0 Å². The van der Waals surface area contributed by atoms with Gasteiger partial charge >= 0.3 is 0 Å². The van der Waals surface area contributed by atoms with E-state index in [1.54, 1.807) is 0 Å². The average Bonchev–Trinajstić information content (AvgIpc) is 2.40. The Kier molecular flexibility index (Phi) is 7.38. The first kappa shape index (κ1) is 15.5. The van der Waals surface area contributed by atoms with Crippen molar-refractivity contribution in [2.75, 3.05) is 13.1 Å². The van der Waals surface area contributed by atoms with Crippen molar-refractivity contribution in [2.24, 2.45) is 5.92 Å². The first-order valence-corrected chi connectivity index (χ1v) is 7.55. The van der Waals surface area contributed by atoms with Crippen LogP contribution in [0.25, 0.3) is 0 Å². The van der Waals surface area contributed by atoms with E-state index in [-0.39, 0.29) is 0 Å². The highest BCUT2D eigenvalue weighted by Crippen LogP contribution is 2.31. The van der Waals surface area contributed by atoms with Gasteiger partial charge in [-0.25, -0.2) is 0 Å². The molecule has 0 saturated heterocycles. The average molecular weight is 268 g/mol. The Labute approximate surface area is 117 Å². The molecule has 0 aliphatic carbocycles. The fraction of sp³-hybridized carbons (Fsp3) is 0.625. The van der Waals surface area contributed by atoms with Crippen LogP contribution in [0.2, 0.25) is 5.02 Å². The van der Waals surface area contributed by atoms with Crippen molar-refractivity contribution in [1.82, 2.24) is 5.32 Å². The van der Waals surface area contributed by atoms with E-state index in [1.807, 2.05) is 12.1 Å². The second-order valence-electron chi connectivity index (χ2n) is 4.94. The van der Waals surface area contributed by atoms with Gasteiger partial charge in [-0.05, 0) is 36.4 Å². The van der Waals surface area contributed by atoms with E-state index in [2.05, 4.69) is 38.2 Å². The van der Waals surface area contributed by atoms with Crippen molar-refractivity contribution in [3.63, 3.8) is 0 Å². The molecule has 0 heterocycles. The predicted molar refractivity (Wildman–Crippen MR) is 81.4 cm³/mol. The van der Waals surface area contributed by atoms with Crippen LogP contribution < -0.4 is 5.32 Å². The smallest absolute Gasteiger partial charge is 0.0441 e. The second kappa shape index (κ2) is 8.55. The number of benzene rings is 1. The van der Waals surface area contributed by atoms with E-state index in [4.69, 9.17) is 11.6 Å². The van der Waals surface area contributed by atoms with Crippen molar-refractivity contribution < 1.29 is 0 Å². The van der Waals surface area contributed by atoms with Crippen LogP contribution in [0.5, 0.6) is 0 Å². The molecule has 1 rings (SSSR count). The summed E-state index contributed by atoms with van der Waals surface area (Å²) in [4.78, 5) is 0. The molecular weight excluding hydrogens is 242 g/mol. The molecule has 1 N–H and O–H groups in total. The Balaban J connectivity index is 2.80. The summed E-state index contributed by atoms with van der Waals surface area (Å²) in [7, 11) is 0. The lowest BCUT2D eigenvalue weighted by atomic mass is 9.86. The number of nitrogens with one attached hydrogen (secondary N) is 1. The molecule has 0 bridgehead atoms. The molecule has 1 aromatic rings. The van der Waals surface area contributed by atoms with Gasteiger partial charge in [-0.1, -0.05) is 63.4 Å². The monoisotopic (exact) mass is 267 g/mol. The molecular formula is C16H26ClN. The molecule has 0 radical (unpaired) electrons. The van der Waals surface area contributed by atoms with Gasteiger partial charge in [0.1, 0.15) is 0 Å². The summed E-state index contributed by atoms with van der Waals surface area (Å²) >= 11 is 6.34. The molecule has 2 heteroatoms. The zero-order valence-corrected chi connectivity index (χ0v) is 12.6. The van der Waals surface area contributed by atoms with Crippen molar-refractivity contribution in [3.8, 4) is 0 Å². The van der Waals surface area contributed by atoms with Crippen LogP contribution >= 0.6 is 11.6 Å². The maximum absolute atomic E-state index is 6.34. The lowest BCUT2D eigenvalue weighted by Gasteiger charge is -2.23. The molecule has 0 aliphatic heterocycles. The van der Waals surface area contributed by atoms with Gasteiger partial charge in [-0.15, -0.1) is 0 Å². The van der Waals surface area contributed by atoms with Gasteiger partial charge < -0.3 is 5.32 Å². The van der Waals surface area contributed by atoms with Crippen LogP contribution in [0, 0.1) is 5.92 Å². The van der Waals surface area contributed by atoms with Crippen LogP contribution in [-0.2, 0) is 0 Å². The normalized spacial score (nSPS) is 12.9. The number of rotatable bonds is 8. The molecule has 1 unspecified atom stereocenters. The molecule has 1 nitrogen and oxygen atoms in total. The lowest BCUT2D eigenvalue weighted by molar-refractivity contribution is 0.400. The van der Waals surface area contributed by atoms with Crippen LogP contribution in [0.1, 0.15) is 51.5 Å². The number of hydrogen-bond donors (Lipinski definition) is 1.